The predicted molar refractivity (Wildman–Crippen MR) is 255 cm³/mol. The molecule has 11 nitrogen and oxygen atoms in total. The number of aromatic nitrogens is 2. The summed E-state index contributed by atoms with van der Waals surface area (Å²) in [6.07, 6.45) is 8.67. The maximum atomic E-state index is 13.0. The number of nitrogens with one attached hydrogen (secondary N) is 1. The third-order valence-electron chi connectivity index (χ3n) is 11.7. The van der Waals surface area contributed by atoms with Gasteiger partial charge >= 0.3 is 12.2 Å². The highest BCUT2D eigenvalue weighted by atomic mass is 32.2. The highest BCUT2D eigenvalue weighted by molar-refractivity contribution is 7.84. The molecule has 62 heavy (non-hydrogen) atoms. The molecule has 352 valence electrons. The molecule has 0 aromatic carbocycles. The van der Waals surface area contributed by atoms with E-state index in [2.05, 4.69) is 108 Å². The van der Waals surface area contributed by atoms with Gasteiger partial charge in [-0.15, -0.1) is 0 Å². The first-order valence-corrected chi connectivity index (χ1v) is 24.0. The van der Waals surface area contributed by atoms with Gasteiger partial charge in [0.1, 0.15) is 11.2 Å². The average molecular weight is 883 g/mol. The van der Waals surface area contributed by atoms with Crippen LogP contribution in [0.1, 0.15) is 205 Å². The van der Waals surface area contributed by atoms with E-state index in [0.29, 0.717) is 18.4 Å². The van der Waals surface area contributed by atoms with Crippen LogP contribution in [0.3, 0.4) is 0 Å². The summed E-state index contributed by atoms with van der Waals surface area (Å²) >= 11 is 0. The number of amides is 2. The molecule has 0 saturated carbocycles. The second kappa shape index (κ2) is 20.0. The van der Waals surface area contributed by atoms with Crippen molar-refractivity contribution in [3.63, 3.8) is 0 Å². The Morgan fingerprint density at radius 3 is 1.48 bits per heavy atom. The Balaban J connectivity index is 0.000000336. The molecular weight excluding hydrogens is 797 g/mol. The molecule has 5 atom stereocenters. The molecule has 2 aliphatic heterocycles. The average Bonchev–Trinajstić information content (AvgIpc) is 3.59. The number of hydrogen-bond donors (Lipinski definition) is 2. The zero-order valence-corrected chi connectivity index (χ0v) is 43.1. The lowest BCUT2D eigenvalue weighted by molar-refractivity contribution is 0.0118. The molecule has 2 saturated heterocycles. The lowest BCUT2D eigenvalue weighted by atomic mass is 9.86. The third-order valence-corrected chi connectivity index (χ3v) is 13.3. The van der Waals surface area contributed by atoms with Gasteiger partial charge in [-0.2, -0.15) is 0 Å². The quantitative estimate of drug-likeness (QED) is 0.240. The van der Waals surface area contributed by atoms with Gasteiger partial charge in [0.15, 0.2) is 0 Å². The van der Waals surface area contributed by atoms with E-state index in [1.807, 2.05) is 84.5 Å². The fraction of sp³-hybridized carbons (Fsp3) is 0.760. The van der Waals surface area contributed by atoms with Crippen LogP contribution >= 0.6 is 0 Å². The second-order valence-electron chi connectivity index (χ2n) is 24.2. The molecule has 2 amide bonds. The van der Waals surface area contributed by atoms with Crippen molar-refractivity contribution < 1.29 is 23.3 Å². The van der Waals surface area contributed by atoms with E-state index in [0.717, 1.165) is 56.5 Å². The van der Waals surface area contributed by atoms with Gasteiger partial charge < -0.3 is 25.0 Å². The summed E-state index contributed by atoms with van der Waals surface area (Å²) < 4.78 is 27.3. The molecule has 4 heterocycles. The fourth-order valence-electron chi connectivity index (χ4n) is 8.20. The van der Waals surface area contributed by atoms with E-state index < -0.39 is 22.2 Å². The normalized spacial score (nSPS) is 20.8. The summed E-state index contributed by atoms with van der Waals surface area (Å²) in [6.45, 7) is 40.3. The Kier molecular flexibility index (Phi) is 17.2. The minimum atomic E-state index is -1.21. The van der Waals surface area contributed by atoms with Crippen LogP contribution in [0.5, 0.6) is 0 Å². The van der Waals surface area contributed by atoms with Crippen LogP contribution in [0.15, 0.2) is 36.7 Å². The van der Waals surface area contributed by atoms with Crippen LogP contribution in [-0.4, -0.2) is 76.3 Å². The summed E-state index contributed by atoms with van der Waals surface area (Å²) in [6, 6.07) is 8.19. The van der Waals surface area contributed by atoms with Crippen molar-refractivity contribution in [2.75, 3.05) is 13.1 Å². The van der Waals surface area contributed by atoms with Gasteiger partial charge in [-0.1, -0.05) is 41.5 Å². The Bertz CT molecular complexity index is 1830. The van der Waals surface area contributed by atoms with Crippen LogP contribution in [0.4, 0.5) is 9.59 Å². The van der Waals surface area contributed by atoms with E-state index in [9.17, 15) is 13.8 Å². The smallest absolute Gasteiger partial charge is 0.410 e. The molecular formula is C50H86N6O5S. The van der Waals surface area contributed by atoms with E-state index in [-0.39, 0.29) is 50.9 Å². The first-order valence-electron chi connectivity index (χ1n) is 22.9. The second-order valence-corrected chi connectivity index (χ2v) is 26.2. The number of nitrogens with two attached hydrogens (primary N) is 1. The SMILES string of the molecule is CC(C)(C)OC(=O)N1C[C@@H](CCC(N)c2cc(C(C)(C)C)ccn2)CC1(C)C.CC(C)(C)OC(=O)N1C[C@@H](CCC(NS(=O)C(C)(C)C)c2cc(C(C)(C)C)ccn2)CC1(C)C. The minimum Gasteiger partial charge on any atom is -0.444 e. The number of rotatable bonds is 10. The van der Waals surface area contributed by atoms with Gasteiger partial charge in [0.25, 0.3) is 0 Å². The van der Waals surface area contributed by atoms with Crippen molar-refractivity contribution in [1.82, 2.24) is 24.5 Å². The lowest BCUT2D eigenvalue weighted by Crippen LogP contribution is -2.45. The molecule has 0 aliphatic carbocycles. The van der Waals surface area contributed by atoms with Crippen LogP contribution in [0, 0.1) is 11.8 Å². The Hall–Kier alpha value is -3.09. The number of likely N-dealkylation sites (tertiary alicyclic amines) is 2. The maximum absolute atomic E-state index is 13.0. The number of carbonyl (C=O) groups excluding carboxylic acids is 2. The van der Waals surface area contributed by atoms with Gasteiger partial charge in [0, 0.05) is 42.6 Å². The van der Waals surface area contributed by atoms with E-state index in [4.69, 9.17) is 15.2 Å². The van der Waals surface area contributed by atoms with Crippen molar-refractivity contribution in [3.05, 3.63) is 59.2 Å². The zero-order valence-electron chi connectivity index (χ0n) is 42.2. The molecule has 4 rings (SSSR count). The topological polar surface area (TPSA) is 140 Å². The number of nitrogens with zero attached hydrogens (tertiary/aromatic N) is 4. The van der Waals surface area contributed by atoms with Gasteiger partial charge in [-0.3, -0.25) is 9.97 Å². The van der Waals surface area contributed by atoms with Gasteiger partial charge in [0.2, 0.25) is 0 Å². The Morgan fingerprint density at radius 2 is 1.10 bits per heavy atom. The van der Waals surface area contributed by atoms with E-state index >= 15 is 0 Å². The summed E-state index contributed by atoms with van der Waals surface area (Å²) in [5.74, 6) is 0.778. The first kappa shape index (κ1) is 53.2. The first-order chi connectivity index (χ1) is 28.0. The largest absolute Gasteiger partial charge is 0.444 e. The summed E-state index contributed by atoms with van der Waals surface area (Å²) in [5.41, 5.74) is 9.46. The van der Waals surface area contributed by atoms with Crippen LogP contribution < -0.4 is 10.5 Å². The molecule has 12 heteroatoms. The van der Waals surface area contributed by atoms with Crippen LogP contribution in [0.2, 0.25) is 0 Å². The Labute approximate surface area is 379 Å². The third kappa shape index (κ3) is 16.2. The van der Waals surface area contributed by atoms with Gasteiger partial charge in [0.05, 0.1) is 33.2 Å². The molecule has 2 aromatic rings. The number of hydrogen-bond acceptors (Lipinski definition) is 8. The predicted octanol–water partition coefficient (Wildman–Crippen LogP) is 11.5. The molecule has 2 aromatic heterocycles. The summed E-state index contributed by atoms with van der Waals surface area (Å²) in [7, 11) is -1.21. The van der Waals surface area contributed by atoms with Crippen molar-refractivity contribution in [1.29, 1.82) is 0 Å². The molecule has 0 spiro atoms. The highest BCUT2D eigenvalue weighted by Crippen LogP contribution is 2.39. The number of carbonyl (C=O) groups is 2. The lowest BCUT2D eigenvalue weighted by Gasteiger charge is -2.33. The molecule has 3 unspecified atom stereocenters. The fourth-order valence-corrected chi connectivity index (χ4v) is 9.05. The van der Waals surface area contributed by atoms with E-state index in [1.165, 1.54) is 11.1 Å². The van der Waals surface area contributed by atoms with Crippen molar-refractivity contribution >= 4 is 23.2 Å². The molecule has 2 aliphatic rings. The summed E-state index contributed by atoms with van der Waals surface area (Å²) in [5, 5.41) is 0. The number of ether oxygens (including phenoxy) is 2. The van der Waals surface area contributed by atoms with Gasteiger partial charge in [-0.25, -0.2) is 18.5 Å². The van der Waals surface area contributed by atoms with Crippen molar-refractivity contribution in [2.24, 2.45) is 17.6 Å². The van der Waals surface area contributed by atoms with Crippen LogP contribution in [0.25, 0.3) is 0 Å². The molecule has 3 N–H and O–H groups in total. The standard InChI is InChI=1S/C27H47N3O3S.C23H39N3O2/c1-24(2,3)20-14-15-28-22(16-20)21(29-34(32)26(7,8)9)13-12-19-17-27(10,11)30(18-19)23(31)33-25(4,5)6;1-21(2,3)17-11-12-25-19(13-17)18(24)10-9-16-14-23(7,8)26(15-16)20(27)28-22(4,5)6/h14-16,19,21,29H,12-13,17-18H2,1-11H3;11-13,16,18H,9-10,14-15,24H2,1-8H3/t19-,21?,34?;16-,18?/m00/s1. The maximum Gasteiger partial charge on any atom is 0.410 e. The monoisotopic (exact) mass is 883 g/mol. The van der Waals surface area contributed by atoms with Crippen molar-refractivity contribution in [3.8, 4) is 0 Å². The number of pyridine rings is 2. The van der Waals surface area contributed by atoms with Crippen LogP contribution in [-0.2, 0) is 31.3 Å². The summed E-state index contributed by atoms with van der Waals surface area (Å²) in [4.78, 5) is 38.3. The zero-order chi connectivity index (χ0) is 47.4. The van der Waals surface area contributed by atoms with Gasteiger partial charge in [-0.05, 0) is 187 Å². The Morgan fingerprint density at radius 1 is 0.710 bits per heavy atom. The van der Waals surface area contributed by atoms with Crippen molar-refractivity contribution in [2.45, 2.75) is 220 Å². The van der Waals surface area contributed by atoms with E-state index in [1.54, 1.807) is 0 Å². The minimum absolute atomic E-state index is 0.00874. The molecule has 0 bridgehead atoms. The molecule has 0 radical (unpaired) electrons. The molecule has 2 fully saturated rings. The highest BCUT2D eigenvalue weighted by Gasteiger charge is 2.44.